The second-order valence-corrected chi connectivity index (χ2v) is 5.65. The van der Waals surface area contributed by atoms with Crippen LogP contribution in [0.5, 0.6) is 0 Å². The van der Waals surface area contributed by atoms with Gasteiger partial charge in [-0.25, -0.2) is 4.79 Å². The third-order valence-corrected chi connectivity index (χ3v) is 4.00. The number of anilines is 1. The molecule has 1 amide bonds. The summed E-state index contributed by atoms with van der Waals surface area (Å²) < 4.78 is 5.15. The maximum Gasteiger partial charge on any atom is 0.329 e. The van der Waals surface area contributed by atoms with E-state index in [4.69, 9.17) is 4.74 Å². The molecule has 1 saturated heterocycles. The highest BCUT2D eigenvalue weighted by Gasteiger charge is 2.41. The number of carbonyl (C=O) groups is 2. The lowest BCUT2D eigenvalue weighted by Crippen LogP contribution is -2.59. The summed E-state index contributed by atoms with van der Waals surface area (Å²) in [4.78, 5) is 35.7. The number of rotatable bonds is 6. The molecule has 0 unspecified atom stereocenters. The van der Waals surface area contributed by atoms with Gasteiger partial charge in [0.25, 0.3) is 5.69 Å². The second-order valence-electron chi connectivity index (χ2n) is 5.65. The zero-order valence-electron chi connectivity index (χ0n) is 13.2. The summed E-state index contributed by atoms with van der Waals surface area (Å²) >= 11 is 0. The Kier molecular flexibility index (Phi) is 5.35. The minimum absolute atomic E-state index is 0.119. The van der Waals surface area contributed by atoms with E-state index in [0.717, 1.165) is 0 Å². The van der Waals surface area contributed by atoms with Gasteiger partial charge in [-0.3, -0.25) is 14.9 Å². The Morgan fingerprint density at radius 1 is 1.38 bits per heavy atom. The summed E-state index contributed by atoms with van der Waals surface area (Å²) in [5, 5.41) is 23.0. The molecule has 24 heavy (non-hydrogen) atoms. The first kappa shape index (κ1) is 17.7. The van der Waals surface area contributed by atoms with Gasteiger partial charge in [0.1, 0.15) is 11.2 Å². The number of carboxylic acid groups (broad SMARTS) is 1. The molecule has 1 fully saturated rings. The summed E-state index contributed by atoms with van der Waals surface area (Å²) in [6, 6.07) is 6.05. The maximum absolute atomic E-state index is 12.3. The Labute approximate surface area is 138 Å². The minimum atomic E-state index is -1.35. The predicted octanol–water partition coefficient (Wildman–Crippen LogP) is 0.781. The van der Waals surface area contributed by atoms with Crippen molar-refractivity contribution in [1.82, 2.24) is 5.32 Å². The van der Waals surface area contributed by atoms with E-state index >= 15 is 0 Å². The first-order valence-corrected chi connectivity index (χ1v) is 7.42. The van der Waals surface area contributed by atoms with Crippen LogP contribution in [0.4, 0.5) is 11.4 Å². The molecule has 0 aromatic heterocycles. The van der Waals surface area contributed by atoms with E-state index < -0.39 is 22.3 Å². The monoisotopic (exact) mass is 337 g/mol. The van der Waals surface area contributed by atoms with Crippen LogP contribution in [-0.4, -0.2) is 54.3 Å². The number of amides is 1. The van der Waals surface area contributed by atoms with Crippen LogP contribution in [0, 0.1) is 10.1 Å². The maximum atomic E-state index is 12.3. The van der Waals surface area contributed by atoms with Crippen LogP contribution in [0.25, 0.3) is 0 Å². The number of aliphatic carboxylic acids is 1. The van der Waals surface area contributed by atoms with Crippen LogP contribution >= 0.6 is 0 Å². The Bertz CT molecular complexity index is 642. The molecular weight excluding hydrogens is 318 g/mol. The van der Waals surface area contributed by atoms with Gasteiger partial charge in [-0.1, -0.05) is 12.1 Å². The molecule has 1 aliphatic heterocycles. The summed E-state index contributed by atoms with van der Waals surface area (Å²) in [5.74, 6) is -1.62. The van der Waals surface area contributed by atoms with Crippen molar-refractivity contribution < 1.29 is 24.4 Å². The lowest BCUT2D eigenvalue weighted by molar-refractivity contribution is -0.384. The second kappa shape index (κ2) is 7.26. The van der Waals surface area contributed by atoms with E-state index in [0.29, 0.717) is 0 Å². The third-order valence-electron chi connectivity index (χ3n) is 4.00. The Morgan fingerprint density at radius 2 is 2.00 bits per heavy atom. The molecule has 9 heteroatoms. The van der Waals surface area contributed by atoms with Crippen LogP contribution in [0.3, 0.4) is 0 Å². The Morgan fingerprint density at radius 3 is 2.58 bits per heavy atom. The highest BCUT2D eigenvalue weighted by atomic mass is 16.6. The van der Waals surface area contributed by atoms with Crippen LogP contribution < -0.4 is 10.2 Å². The molecule has 2 N–H and O–H groups in total. The van der Waals surface area contributed by atoms with Crippen molar-refractivity contribution in [1.29, 1.82) is 0 Å². The number of hydrogen-bond acceptors (Lipinski definition) is 6. The molecule has 2 rings (SSSR count). The number of hydrogen-bond donors (Lipinski definition) is 2. The molecule has 9 nitrogen and oxygen atoms in total. The first-order chi connectivity index (χ1) is 11.4. The van der Waals surface area contributed by atoms with Gasteiger partial charge < -0.3 is 20.1 Å². The summed E-state index contributed by atoms with van der Waals surface area (Å²) in [6.07, 6.45) is 0.368. The number of nitro benzene ring substituents is 1. The normalized spacial score (nSPS) is 16.2. The Balaban J connectivity index is 2.09. The Hall–Kier alpha value is -2.68. The average Bonchev–Trinajstić information content (AvgIpc) is 2.55. The highest BCUT2D eigenvalue weighted by Crippen LogP contribution is 2.26. The number of carboxylic acids is 1. The largest absolute Gasteiger partial charge is 0.480 e. The molecule has 0 atom stereocenters. The zero-order chi connectivity index (χ0) is 17.7. The van der Waals surface area contributed by atoms with Gasteiger partial charge in [-0.2, -0.15) is 0 Å². The quantitative estimate of drug-likeness (QED) is 0.581. The average molecular weight is 337 g/mol. The molecule has 130 valence electrons. The van der Waals surface area contributed by atoms with Crippen molar-refractivity contribution >= 4 is 23.3 Å². The SMILES string of the molecule is CN(CC(=O)NC1(C(=O)O)CCOCC1)c1ccccc1[N+](=O)[O-]. The van der Waals surface area contributed by atoms with Crippen molar-refractivity contribution in [2.45, 2.75) is 18.4 Å². The number of nitrogens with zero attached hydrogens (tertiary/aromatic N) is 2. The van der Waals surface area contributed by atoms with E-state index in [-0.39, 0.29) is 44.0 Å². The van der Waals surface area contributed by atoms with Crippen molar-refractivity contribution in [3.63, 3.8) is 0 Å². The summed E-state index contributed by atoms with van der Waals surface area (Å²) in [6.45, 7) is 0.319. The van der Waals surface area contributed by atoms with Crippen molar-refractivity contribution in [3.05, 3.63) is 34.4 Å². The van der Waals surface area contributed by atoms with Crippen molar-refractivity contribution in [2.24, 2.45) is 0 Å². The fourth-order valence-corrected chi connectivity index (χ4v) is 2.66. The standard InChI is InChI=1S/C15H19N3O6/c1-17(11-4-2-3-5-12(11)18(22)23)10-13(19)16-15(14(20)21)6-8-24-9-7-15/h2-5H,6-10H2,1H3,(H,16,19)(H,20,21). The van der Waals surface area contributed by atoms with Crippen LogP contribution in [-0.2, 0) is 14.3 Å². The van der Waals surface area contributed by atoms with Gasteiger partial charge in [0, 0.05) is 39.2 Å². The zero-order valence-corrected chi connectivity index (χ0v) is 13.2. The van der Waals surface area contributed by atoms with Crippen LogP contribution in [0.1, 0.15) is 12.8 Å². The molecule has 0 saturated carbocycles. The van der Waals surface area contributed by atoms with Gasteiger partial charge >= 0.3 is 5.97 Å². The fraction of sp³-hybridized carbons (Fsp3) is 0.467. The van der Waals surface area contributed by atoms with Gasteiger partial charge in [-0.15, -0.1) is 0 Å². The number of carbonyl (C=O) groups excluding carboxylic acids is 1. The highest BCUT2D eigenvalue weighted by molar-refractivity contribution is 5.89. The van der Waals surface area contributed by atoms with E-state index in [1.165, 1.54) is 23.1 Å². The van der Waals surface area contributed by atoms with E-state index in [1.54, 1.807) is 13.1 Å². The van der Waals surface area contributed by atoms with E-state index in [2.05, 4.69) is 5.32 Å². The topological polar surface area (TPSA) is 122 Å². The molecule has 0 radical (unpaired) electrons. The van der Waals surface area contributed by atoms with Crippen molar-refractivity contribution in [2.75, 3.05) is 31.7 Å². The van der Waals surface area contributed by atoms with E-state index in [9.17, 15) is 24.8 Å². The van der Waals surface area contributed by atoms with Crippen molar-refractivity contribution in [3.8, 4) is 0 Å². The number of para-hydroxylation sites is 2. The van der Waals surface area contributed by atoms with Gasteiger partial charge in [-0.05, 0) is 6.07 Å². The molecule has 1 aromatic carbocycles. The van der Waals surface area contributed by atoms with Crippen LogP contribution in [0.2, 0.25) is 0 Å². The lowest BCUT2D eigenvalue weighted by atomic mass is 9.90. The fourth-order valence-electron chi connectivity index (χ4n) is 2.66. The smallest absolute Gasteiger partial charge is 0.329 e. The molecule has 0 aliphatic carbocycles. The van der Waals surface area contributed by atoms with Gasteiger partial charge in [0.05, 0.1) is 11.5 Å². The number of likely N-dealkylation sites (N-methyl/N-ethyl adjacent to an activating group) is 1. The molecule has 1 aromatic rings. The number of nitrogens with one attached hydrogen (secondary N) is 1. The predicted molar refractivity (Wildman–Crippen MR) is 84.9 cm³/mol. The summed E-state index contributed by atoms with van der Waals surface area (Å²) in [7, 11) is 1.54. The van der Waals surface area contributed by atoms with Gasteiger partial charge in [0.2, 0.25) is 5.91 Å². The minimum Gasteiger partial charge on any atom is -0.480 e. The third kappa shape index (κ3) is 3.80. The molecular formula is C15H19N3O6. The van der Waals surface area contributed by atoms with Crippen LogP contribution in [0.15, 0.2) is 24.3 Å². The first-order valence-electron chi connectivity index (χ1n) is 7.42. The van der Waals surface area contributed by atoms with Gasteiger partial charge in [0.15, 0.2) is 0 Å². The lowest BCUT2D eigenvalue weighted by Gasteiger charge is -2.34. The molecule has 1 aliphatic rings. The molecule has 0 bridgehead atoms. The van der Waals surface area contributed by atoms with E-state index in [1.807, 2.05) is 0 Å². The number of ether oxygens (including phenoxy) is 1. The number of nitro groups is 1. The molecule has 0 spiro atoms. The molecule has 1 heterocycles. The summed E-state index contributed by atoms with van der Waals surface area (Å²) in [5.41, 5.74) is -1.18. The number of benzene rings is 1.